The predicted molar refractivity (Wildman–Crippen MR) is 59.4 cm³/mol. The molecule has 0 aromatic carbocycles. The monoisotopic (exact) mass is 214 g/mol. The van der Waals surface area contributed by atoms with Crippen LogP contribution in [0.15, 0.2) is 0 Å². The van der Waals surface area contributed by atoms with Gasteiger partial charge in [0.15, 0.2) is 0 Å². The van der Waals surface area contributed by atoms with Crippen molar-refractivity contribution in [1.29, 1.82) is 0 Å². The molecule has 0 aromatic heterocycles. The lowest BCUT2D eigenvalue weighted by Crippen LogP contribution is -2.39. The summed E-state index contributed by atoms with van der Waals surface area (Å²) in [5, 5.41) is 0. The third-order valence-corrected chi connectivity index (χ3v) is 3.04. The molecule has 4 heteroatoms. The maximum Gasteiger partial charge on any atom is 0.251 e. The molecule has 0 bridgehead atoms. The number of ether oxygens (including phenoxy) is 1. The van der Waals surface area contributed by atoms with Gasteiger partial charge in [-0.15, -0.1) is 0 Å². The maximum atomic E-state index is 11.9. The van der Waals surface area contributed by atoms with Gasteiger partial charge in [-0.2, -0.15) is 0 Å². The average molecular weight is 214 g/mol. The molecule has 15 heavy (non-hydrogen) atoms. The molecule has 1 rings (SSSR count). The highest BCUT2D eigenvalue weighted by molar-refractivity contribution is 5.80. The predicted octanol–water partition coefficient (Wildman–Crippen LogP) is 0.607. The fourth-order valence-electron chi connectivity index (χ4n) is 2.00. The molecule has 0 radical (unpaired) electrons. The SMILES string of the molecule is CCOC(C)C(=O)N1CCC(C(C)N)C1. The number of hydrogen-bond acceptors (Lipinski definition) is 3. The Morgan fingerprint density at radius 2 is 2.27 bits per heavy atom. The summed E-state index contributed by atoms with van der Waals surface area (Å²) >= 11 is 0. The number of carbonyl (C=O) groups is 1. The number of carbonyl (C=O) groups excluding carboxylic acids is 1. The molecule has 1 aliphatic rings. The van der Waals surface area contributed by atoms with Gasteiger partial charge in [-0.05, 0) is 33.1 Å². The van der Waals surface area contributed by atoms with Crippen molar-refractivity contribution in [3.8, 4) is 0 Å². The van der Waals surface area contributed by atoms with Crippen LogP contribution in [0.4, 0.5) is 0 Å². The van der Waals surface area contributed by atoms with E-state index in [0.29, 0.717) is 12.5 Å². The number of rotatable bonds is 4. The standard InChI is InChI=1S/C11H22N2O2/c1-4-15-9(3)11(14)13-6-5-10(7-13)8(2)12/h8-10H,4-7,12H2,1-3H3. The molecular weight excluding hydrogens is 192 g/mol. The van der Waals surface area contributed by atoms with Crippen molar-refractivity contribution in [2.45, 2.75) is 39.3 Å². The van der Waals surface area contributed by atoms with Crippen LogP contribution in [0.2, 0.25) is 0 Å². The summed E-state index contributed by atoms with van der Waals surface area (Å²) in [5.41, 5.74) is 5.83. The van der Waals surface area contributed by atoms with Crippen LogP contribution in [0.25, 0.3) is 0 Å². The number of nitrogens with two attached hydrogens (primary N) is 1. The summed E-state index contributed by atoms with van der Waals surface area (Å²) < 4.78 is 5.29. The highest BCUT2D eigenvalue weighted by Gasteiger charge is 2.30. The van der Waals surface area contributed by atoms with Crippen LogP contribution in [0.1, 0.15) is 27.2 Å². The Morgan fingerprint density at radius 1 is 1.60 bits per heavy atom. The van der Waals surface area contributed by atoms with E-state index in [9.17, 15) is 4.79 Å². The first-order valence-electron chi connectivity index (χ1n) is 5.72. The Bertz CT molecular complexity index is 219. The lowest BCUT2D eigenvalue weighted by atomic mass is 10.0. The zero-order valence-electron chi connectivity index (χ0n) is 9.90. The van der Waals surface area contributed by atoms with E-state index in [1.807, 2.05) is 25.7 Å². The fourth-order valence-corrected chi connectivity index (χ4v) is 2.00. The molecule has 0 aromatic rings. The van der Waals surface area contributed by atoms with Gasteiger partial charge in [0.1, 0.15) is 6.10 Å². The second-order valence-electron chi connectivity index (χ2n) is 4.29. The van der Waals surface area contributed by atoms with Crippen LogP contribution < -0.4 is 5.73 Å². The smallest absolute Gasteiger partial charge is 0.251 e. The normalized spacial score (nSPS) is 25.3. The van der Waals surface area contributed by atoms with Crippen molar-refractivity contribution >= 4 is 5.91 Å². The summed E-state index contributed by atoms with van der Waals surface area (Å²) in [7, 11) is 0. The highest BCUT2D eigenvalue weighted by atomic mass is 16.5. The summed E-state index contributed by atoms with van der Waals surface area (Å²) in [6.45, 7) is 7.90. The first-order chi connectivity index (χ1) is 7.06. The van der Waals surface area contributed by atoms with Crippen molar-refractivity contribution in [3.63, 3.8) is 0 Å². The Hall–Kier alpha value is -0.610. The van der Waals surface area contributed by atoms with Gasteiger partial charge in [-0.1, -0.05) is 0 Å². The second kappa shape index (κ2) is 5.47. The van der Waals surface area contributed by atoms with Crippen LogP contribution in [0.5, 0.6) is 0 Å². The van der Waals surface area contributed by atoms with Crippen molar-refractivity contribution in [2.75, 3.05) is 19.7 Å². The first kappa shape index (κ1) is 12.5. The van der Waals surface area contributed by atoms with Crippen LogP contribution in [0.3, 0.4) is 0 Å². The van der Waals surface area contributed by atoms with E-state index in [1.165, 1.54) is 0 Å². The topological polar surface area (TPSA) is 55.6 Å². The van der Waals surface area contributed by atoms with Gasteiger partial charge < -0.3 is 15.4 Å². The van der Waals surface area contributed by atoms with Crippen LogP contribution >= 0.6 is 0 Å². The van der Waals surface area contributed by atoms with E-state index >= 15 is 0 Å². The van der Waals surface area contributed by atoms with Crippen LogP contribution in [0, 0.1) is 5.92 Å². The summed E-state index contributed by atoms with van der Waals surface area (Å²) in [6, 6.07) is 0.171. The quantitative estimate of drug-likeness (QED) is 0.746. The van der Waals surface area contributed by atoms with Gasteiger partial charge in [-0.25, -0.2) is 0 Å². The van der Waals surface area contributed by atoms with Crippen LogP contribution in [-0.4, -0.2) is 42.6 Å². The molecule has 1 aliphatic heterocycles. The van der Waals surface area contributed by atoms with E-state index < -0.39 is 0 Å². The van der Waals surface area contributed by atoms with Gasteiger partial charge in [-0.3, -0.25) is 4.79 Å². The van der Waals surface area contributed by atoms with Crippen molar-refractivity contribution in [2.24, 2.45) is 11.7 Å². The number of nitrogens with zero attached hydrogens (tertiary/aromatic N) is 1. The van der Waals surface area contributed by atoms with Crippen molar-refractivity contribution in [1.82, 2.24) is 4.90 Å². The molecule has 0 saturated carbocycles. The second-order valence-corrected chi connectivity index (χ2v) is 4.29. The third kappa shape index (κ3) is 3.18. The molecule has 88 valence electrons. The Labute approximate surface area is 91.8 Å². The summed E-state index contributed by atoms with van der Waals surface area (Å²) in [5.74, 6) is 0.544. The maximum absolute atomic E-state index is 11.9. The van der Waals surface area contributed by atoms with Crippen molar-refractivity contribution in [3.05, 3.63) is 0 Å². The van der Waals surface area contributed by atoms with Gasteiger partial charge >= 0.3 is 0 Å². The van der Waals surface area contributed by atoms with Gasteiger partial charge in [0.2, 0.25) is 0 Å². The lowest BCUT2D eigenvalue weighted by molar-refractivity contribution is -0.141. The fraction of sp³-hybridized carbons (Fsp3) is 0.909. The molecule has 1 heterocycles. The highest BCUT2D eigenvalue weighted by Crippen LogP contribution is 2.19. The lowest BCUT2D eigenvalue weighted by Gasteiger charge is -2.21. The molecule has 1 saturated heterocycles. The molecule has 3 unspecified atom stereocenters. The molecule has 4 nitrogen and oxygen atoms in total. The number of amides is 1. The summed E-state index contributed by atoms with van der Waals surface area (Å²) in [6.07, 6.45) is 0.698. The van der Waals surface area contributed by atoms with E-state index in [1.54, 1.807) is 0 Å². The summed E-state index contributed by atoms with van der Waals surface area (Å²) in [4.78, 5) is 13.7. The van der Waals surface area contributed by atoms with Gasteiger partial charge in [0.05, 0.1) is 0 Å². The zero-order valence-corrected chi connectivity index (χ0v) is 9.90. The average Bonchev–Trinajstić information content (AvgIpc) is 2.65. The Kier molecular flexibility index (Phi) is 4.54. The van der Waals surface area contributed by atoms with Crippen LogP contribution in [-0.2, 0) is 9.53 Å². The Balaban J connectivity index is 2.42. The number of likely N-dealkylation sites (tertiary alicyclic amines) is 1. The minimum atomic E-state index is -0.318. The Morgan fingerprint density at radius 3 is 2.73 bits per heavy atom. The van der Waals surface area contributed by atoms with Crippen molar-refractivity contribution < 1.29 is 9.53 Å². The molecular formula is C11H22N2O2. The van der Waals surface area contributed by atoms with Gasteiger partial charge in [0, 0.05) is 25.7 Å². The van der Waals surface area contributed by atoms with E-state index in [2.05, 4.69) is 0 Å². The molecule has 2 N–H and O–H groups in total. The zero-order chi connectivity index (χ0) is 11.4. The minimum absolute atomic E-state index is 0.0972. The molecule has 0 aliphatic carbocycles. The largest absolute Gasteiger partial charge is 0.369 e. The van der Waals surface area contributed by atoms with E-state index in [0.717, 1.165) is 19.5 Å². The first-order valence-corrected chi connectivity index (χ1v) is 5.72. The molecule has 1 amide bonds. The molecule has 0 spiro atoms. The van der Waals surface area contributed by atoms with E-state index in [-0.39, 0.29) is 18.1 Å². The third-order valence-electron chi connectivity index (χ3n) is 3.04. The molecule has 3 atom stereocenters. The van der Waals surface area contributed by atoms with Gasteiger partial charge in [0.25, 0.3) is 5.91 Å². The molecule has 1 fully saturated rings. The number of hydrogen-bond donors (Lipinski definition) is 1. The van der Waals surface area contributed by atoms with E-state index in [4.69, 9.17) is 10.5 Å². The minimum Gasteiger partial charge on any atom is -0.369 e.